The quantitative estimate of drug-likeness (QED) is 0.828. The highest BCUT2D eigenvalue weighted by molar-refractivity contribution is 5.75. The average Bonchev–Trinajstić information content (AvgIpc) is 3.03. The first-order chi connectivity index (χ1) is 11.9. The minimum atomic E-state index is -1.32. The Balaban J connectivity index is 1.62. The van der Waals surface area contributed by atoms with E-state index in [0.717, 1.165) is 31.5 Å². The Morgan fingerprint density at radius 2 is 2.20 bits per heavy atom. The van der Waals surface area contributed by atoms with Crippen LogP contribution in [0.5, 0.6) is 0 Å². The molecule has 0 saturated carbocycles. The first kappa shape index (κ1) is 17.5. The lowest BCUT2D eigenvalue weighted by molar-refractivity contribution is -0.123. The van der Waals surface area contributed by atoms with Crippen molar-refractivity contribution in [1.29, 1.82) is 0 Å². The van der Waals surface area contributed by atoms with Gasteiger partial charge in [-0.1, -0.05) is 6.42 Å². The topological polar surface area (TPSA) is 102 Å². The highest BCUT2D eigenvalue weighted by Crippen LogP contribution is 2.21. The molecule has 0 fully saturated rings. The summed E-state index contributed by atoms with van der Waals surface area (Å²) in [7, 11) is 0. The average molecular weight is 348 g/mol. The standard InChI is InChI=1S/C17H24N4O4/c1-12-7-8-13(25-12)17(2,24)11-18-15(22)10-21-16(23)20-9-5-3-4-6-14(20)19-21/h7-8,24H,3-6,9-11H2,1-2H3,(H,18,22). The van der Waals surface area contributed by atoms with E-state index in [1.165, 1.54) is 4.68 Å². The Hall–Kier alpha value is -2.35. The van der Waals surface area contributed by atoms with E-state index in [4.69, 9.17) is 4.42 Å². The lowest BCUT2D eigenvalue weighted by Gasteiger charge is -2.21. The van der Waals surface area contributed by atoms with Gasteiger partial charge in [-0.3, -0.25) is 9.36 Å². The van der Waals surface area contributed by atoms with Gasteiger partial charge in [-0.2, -0.15) is 5.10 Å². The molecular weight excluding hydrogens is 324 g/mol. The first-order valence-electron chi connectivity index (χ1n) is 8.59. The molecule has 8 nitrogen and oxygen atoms in total. The molecule has 0 spiro atoms. The lowest BCUT2D eigenvalue weighted by atomic mass is 10.0. The molecule has 1 aliphatic rings. The molecule has 136 valence electrons. The number of rotatable bonds is 5. The summed E-state index contributed by atoms with van der Waals surface area (Å²) in [6, 6.07) is 3.43. The van der Waals surface area contributed by atoms with Crippen molar-refractivity contribution in [2.24, 2.45) is 0 Å². The molecule has 1 amide bonds. The minimum Gasteiger partial charge on any atom is -0.463 e. The minimum absolute atomic E-state index is 0.0128. The number of nitrogens with one attached hydrogen (secondary N) is 1. The second-order valence-corrected chi connectivity index (χ2v) is 6.78. The zero-order valence-electron chi connectivity index (χ0n) is 14.6. The Morgan fingerprint density at radius 3 is 2.92 bits per heavy atom. The van der Waals surface area contributed by atoms with Gasteiger partial charge in [-0.05, 0) is 38.8 Å². The van der Waals surface area contributed by atoms with Crippen LogP contribution in [0.25, 0.3) is 0 Å². The van der Waals surface area contributed by atoms with Crippen molar-refractivity contribution in [3.63, 3.8) is 0 Å². The molecular formula is C17H24N4O4. The number of nitrogens with zero attached hydrogens (tertiary/aromatic N) is 3. The zero-order chi connectivity index (χ0) is 18.0. The molecule has 0 saturated heterocycles. The Kier molecular flexibility index (Phi) is 4.80. The third-order valence-electron chi connectivity index (χ3n) is 4.48. The Bertz CT molecular complexity index is 815. The summed E-state index contributed by atoms with van der Waals surface area (Å²) >= 11 is 0. The highest BCUT2D eigenvalue weighted by Gasteiger charge is 2.27. The van der Waals surface area contributed by atoms with Gasteiger partial charge in [0.25, 0.3) is 0 Å². The van der Waals surface area contributed by atoms with Gasteiger partial charge >= 0.3 is 5.69 Å². The van der Waals surface area contributed by atoms with E-state index in [1.807, 2.05) is 0 Å². The number of hydrogen-bond donors (Lipinski definition) is 2. The van der Waals surface area contributed by atoms with Crippen molar-refractivity contribution in [3.8, 4) is 0 Å². The monoisotopic (exact) mass is 348 g/mol. The van der Waals surface area contributed by atoms with Gasteiger partial charge in [0.05, 0.1) is 6.54 Å². The van der Waals surface area contributed by atoms with Gasteiger partial charge < -0.3 is 14.8 Å². The smallest absolute Gasteiger partial charge is 0.346 e. The number of fused-ring (bicyclic) bond motifs is 1. The second-order valence-electron chi connectivity index (χ2n) is 6.78. The number of carbonyl (C=O) groups excluding carboxylic acids is 1. The van der Waals surface area contributed by atoms with Crippen molar-refractivity contribution in [2.75, 3.05) is 6.54 Å². The fourth-order valence-electron chi connectivity index (χ4n) is 3.00. The van der Waals surface area contributed by atoms with Gasteiger partial charge in [-0.15, -0.1) is 0 Å². The fourth-order valence-corrected chi connectivity index (χ4v) is 3.00. The number of aliphatic hydroxyl groups is 1. The molecule has 8 heteroatoms. The van der Waals surface area contributed by atoms with E-state index in [9.17, 15) is 14.7 Å². The molecule has 25 heavy (non-hydrogen) atoms. The zero-order valence-corrected chi connectivity index (χ0v) is 14.6. The van der Waals surface area contributed by atoms with E-state index in [1.54, 1.807) is 30.5 Å². The summed E-state index contributed by atoms with van der Waals surface area (Å²) in [5.74, 6) is 1.44. The summed E-state index contributed by atoms with van der Waals surface area (Å²) in [5, 5.41) is 17.4. The Morgan fingerprint density at radius 1 is 1.40 bits per heavy atom. The maximum atomic E-state index is 12.3. The van der Waals surface area contributed by atoms with Crippen molar-refractivity contribution >= 4 is 5.91 Å². The van der Waals surface area contributed by atoms with Crippen molar-refractivity contribution in [2.45, 2.75) is 58.2 Å². The highest BCUT2D eigenvalue weighted by atomic mass is 16.4. The molecule has 0 aliphatic carbocycles. The van der Waals surface area contributed by atoms with Gasteiger partial charge in [0.1, 0.15) is 29.5 Å². The maximum absolute atomic E-state index is 12.3. The second kappa shape index (κ2) is 6.87. The molecule has 0 radical (unpaired) electrons. The molecule has 0 aromatic carbocycles. The molecule has 2 N–H and O–H groups in total. The third-order valence-corrected chi connectivity index (χ3v) is 4.48. The van der Waals surface area contributed by atoms with Crippen LogP contribution in [0.3, 0.4) is 0 Å². The van der Waals surface area contributed by atoms with Crippen LogP contribution in [0.4, 0.5) is 0 Å². The summed E-state index contributed by atoms with van der Waals surface area (Å²) in [4.78, 5) is 24.5. The molecule has 2 aromatic rings. The van der Waals surface area contributed by atoms with Gasteiger partial charge in [-0.25, -0.2) is 9.48 Å². The molecule has 1 unspecified atom stereocenters. The number of carbonyl (C=O) groups is 1. The summed E-state index contributed by atoms with van der Waals surface area (Å²) < 4.78 is 8.26. The molecule has 0 bridgehead atoms. The molecule has 3 rings (SSSR count). The first-order valence-corrected chi connectivity index (χ1v) is 8.59. The van der Waals surface area contributed by atoms with Crippen LogP contribution < -0.4 is 11.0 Å². The van der Waals surface area contributed by atoms with E-state index < -0.39 is 5.60 Å². The Labute approximate surface area is 145 Å². The van der Waals surface area contributed by atoms with Crippen LogP contribution >= 0.6 is 0 Å². The number of amides is 1. The number of aryl methyl sites for hydroxylation is 2. The van der Waals surface area contributed by atoms with Crippen LogP contribution in [0.15, 0.2) is 21.3 Å². The van der Waals surface area contributed by atoms with Crippen LogP contribution in [0.2, 0.25) is 0 Å². The lowest BCUT2D eigenvalue weighted by Crippen LogP contribution is -2.41. The van der Waals surface area contributed by atoms with Crippen molar-refractivity contribution < 1.29 is 14.3 Å². The van der Waals surface area contributed by atoms with Crippen molar-refractivity contribution in [1.82, 2.24) is 19.7 Å². The summed E-state index contributed by atoms with van der Waals surface area (Å²) in [6.45, 7) is 3.83. The van der Waals surface area contributed by atoms with Gasteiger partial charge in [0.15, 0.2) is 0 Å². The van der Waals surface area contributed by atoms with E-state index in [2.05, 4.69) is 10.4 Å². The van der Waals surface area contributed by atoms with Gasteiger partial charge in [0, 0.05) is 13.0 Å². The predicted molar refractivity (Wildman–Crippen MR) is 90.1 cm³/mol. The largest absolute Gasteiger partial charge is 0.463 e. The predicted octanol–water partition coefficient (Wildman–Crippen LogP) is 0.697. The number of hydrogen-bond acceptors (Lipinski definition) is 5. The molecule has 3 heterocycles. The molecule has 2 aromatic heterocycles. The van der Waals surface area contributed by atoms with Crippen LogP contribution in [-0.4, -0.2) is 31.9 Å². The van der Waals surface area contributed by atoms with E-state index >= 15 is 0 Å². The summed E-state index contributed by atoms with van der Waals surface area (Å²) in [5.41, 5.74) is -1.57. The molecule has 1 atom stereocenters. The molecule has 1 aliphatic heterocycles. The fraction of sp³-hybridized carbons (Fsp3) is 0.588. The van der Waals surface area contributed by atoms with E-state index in [-0.39, 0.29) is 24.7 Å². The van der Waals surface area contributed by atoms with E-state index in [0.29, 0.717) is 18.1 Å². The SMILES string of the molecule is Cc1ccc(C(C)(O)CNC(=O)Cn2nc3n(c2=O)CCCCC3)o1. The number of aromatic nitrogens is 3. The van der Waals surface area contributed by atoms with Crippen molar-refractivity contribution in [3.05, 3.63) is 40.0 Å². The van der Waals surface area contributed by atoms with Crippen LogP contribution in [0.1, 0.15) is 43.5 Å². The summed E-state index contributed by atoms with van der Waals surface area (Å²) in [6.07, 6.45) is 3.81. The van der Waals surface area contributed by atoms with Crippen LogP contribution in [-0.2, 0) is 29.9 Å². The van der Waals surface area contributed by atoms with Crippen LogP contribution in [0, 0.1) is 6.92 Å². The maximum Gasteiger partial charge on any atom is 0.346 e. The number of furan rings is 1. The third kappa shape index (κ3) is 3.84. The normalized spacial score (nSPS) is 16.8. The van der Waals surface area contributed by atoms with Gasteiger partial charge in [0.2, 0.25) is 5.91 Å².